The van der Waals surface area contributed by atoms with E-state index in [4.69, 9.17) is 14.5 Å². The predicted octanol–water partition coefficient (Wildman–Crippen LogP) is 5.01. The minimum Gasteiger partial charge on any atom is -0.376 e. The molecule has 0 radical (unpaired) electrons. The third-order valence-electron chi connectivity index (χ3n) is 8.21. The van der Waals surface area contributed by atoms with Crippen LogP contribution in [-0.4, -0.2) is 78.1 Å². The molecular formula is C29H52N4O2. The lowest BCUT2D eigenvalue weighted by molar-refractivity contribution is -0.0769. The fourth-order valence-corrected chi connectivity index (χ4v) is 5.02. The minimum atomic E-state index is -0.101. The van der Waals surface area contributed by atoms with Gasteiger partial charge in [0.25, 0.3) is 0 Å². The van der Waals surface area contributed by atoms with E-state index in [0.29, 0.717) is 25.4 Å². The molecule has 0 bridgehead atoms. The molecule has 200 valence electrons. The molecule has 1 aromatic rings. The predicted molar refractivity (Wildman–Crippen MR) is 146 cm³/mol. The van der Waals surface area contributed by atoms with Gasteiger partial charge in [0.2, 0.25) is 0 Å². The quantitative estimate of drug-likeness (QED) is 0.493. The Morgan fingerprint density at radius 3 is 2.11 bits per heavy atom. The summed E-state index contributed by atoms with van der Waals surface area (Å²) in [5.74, 6) is 1.11. The highest BCUT2D eigenvalue weighted by Crippen LogP contribution is 2.38. The van der Waals surface area contributed by atoms with E-state index in [9.17, 15) is 0 Å². The summed E-state index contributed by atoms with van der Waals surface area (Å²) in [5.41, 5.74) is 1.34. The average molecular weight is 489 g/mol. The van der Waals surface area contributed by atoms with Crippen molar-refractivity contribution in [2.24, 2.45) is 0 Å². The van der Waals surface area contributed by atoms with E-state index in [1.165, 1.54) is 5.56 Å². The van der Waals surface area contributed by atoms with E-state index < -0.39 is 0 Å². The molecule has 2 fully saturated rings. The van der Waals surface area contributed by atoms with Crippen molar-refractivity contribution < 1.29 is 9.47 Å². The van der Waals surface area contributed by atoms with E-state index in [1.807, 2.05) is 6.20 Å². The maximum atomic E-state index is 6.02. The summed E-state index contributed by atoms with van der Waals surface area (Å²) in [7, 11) is 0. The van der Waals surface area contributed by atoms with Crippen LogP contribution in [0.5, 0.6) is 0 Å². The molecule has 3 rings (SSSR count). The lowest BCUT2D eigenvalue weighted by atomic mass is 9.68. The van der Waals surface area contributed by atoms with Crippen LogP contribution in [0.3, 0.4) is 0 Å². The molecule has 0 unspecified atom stereocenters. The van der Waals surface area contributed by atoms with Crippen molar-refractivity contribution in [2.75, 3.05) is 44.3 Å². The van der Waals surface area contributed by atoms with Gasteiger partial charge in [0.1, 0.15) is 5.82 Å². The van der Waals surface area contributed by atoms with Crippen molar-refractivity contribution in [3.05, 3.63) is 23.9 Å². The molecule has 1 aliphatic heterocycles. The molecule has 2 aliphatic rings. The monoisotopic (exact) mass is 488 g/mol. The molecule has 1 saturated carbocycles. The lowest BCUT2D eigenvalue weighted by Gasteiger charge is -2.49. The van der Waals surface area contributed by atoms with Crippen molar-refractivity contribution >= 4 is 5.82 Å². The normalized spacial score (nSPS) is 22.9. The zero-order valence-electron chi connectivity index (χ0n) is 24.2. The van der Waals surface area contributed by atoms with Crippen molar-refractivity contribution in [1.82, 2.24) is 15.2 Å². The highest BCUT2D eigenvalue weighted by atomic mass is 16.5. The van der Waals surface area contributed by atoms with Crippen molar-refractivity contribution in [1.29, 1.82) is 0 Å². The highest BCUT2D eigenvalue weighted by molar-refractivity contribution is 5.44. The number of ether oxygens (including phenoxy) is 2. The number of anilines is 1. The van der Waals surface area contributed by atoms with Crippen LogP contribution in [0.2, 0.25) is 0 Å². The van der Waals surface area contributed by atoms with Gasteiger partial charge in [0.05, 0.1) is 24.9 Å². The number of piperazine rings is 1. The van der Waals surface area contributed by atoms with Crippen LogP contribution in [0.1, 0.15) is 87.6 Å². The van der Waals surface area contributed by atoms with Gasteiger partial charge in [-0.3, -0.25) is 4.90 Å². The smallest absolute Gasteiger partial charge is 0.128 e. The fourth-order valence-electron chi connectivity index (χ4n) is 5.02. The van der Waals surface area contributed by atoms with Gasteiger partial charge in [0, 0.05) is 54.9 Å². The number of nitrogens with one attached hydrogen (secondary N) is 1. The van der Waals surface area contributed by atoms with Crippen molar-refractivity contribution in [2.45, 2.75) is 116 Å². The molecule has 1 aliphatic carbocycles. The topological polar surface area (TPSA) is 49.9 Å². The summed E-state index contributed by atoms with van der Waals surface area (Å²) in [5, 5.41) is 3.95. The third kappa shape index (κ3) is 7.41. The number of hydrogen-bond acceptors (Lipinski definition) is 6. The Morgan fingerprint density at radius 2 is 1.54 bits per heavy atom. The molecule has 2 heterocycles. The van der Waals surface area contributed by atoms with Crippen molar-refractivity contribution in [3.8, 4) is 0 Å². The van der Waals surface area contributed by atoms with E-state index in [0.717, 1.165) is 44.8 Å². The standard InChI is InChI=1S/C29H52N4O2/c1-26(2,3)33-15-13-32(14-16-33)25-19-22(11-12-30-25)28(7,8)29(9,10)31-23-20-24(21-23)34-17-18-35-27(4,5)6/h11-12,19,23-24,31H,13-18,20-21H2,1-10H3/t23-,24+. The summed E-state index contributed by atoms with van der Waals surface area (Å²) >= 11 is 0. The second-order valence-corrected chi connectivity index (χ2v) is 13.6. The Hall–Kier alpha value is -1.21. The summed E-state index contributed by atoms with van der Waals surface area (Å²) in [4.78, 5) is 9.77. The van der Waals surface area contributed by atoms with Gasteiger partial charge in [0.15, 0.2) is 0 Å². The van der Waals surface area contributed by atoms with Crippen LogP contribution in [0, 0.1) is 0 Å². The minimum absolute atomic E-state index is 0.0512. The van der Waals surface area contributed by atoms with E-state index in [-0.39, 0.29) is 22.1 Å². The third-order valence-corrected chi connectivity index (χ3v) is 8.21. The van der Waals surface area contributed by atoms with E-state index in [1.54, 1.807) is 0 Å². The summed E-state index contributed by atoms with van der Waals surface area (Å²) in [6, 6.07) is 5.00. The van der Waals surface area contributed by atoms with E-state index >= 15 is 0 Å². The first-order valence-corrected chi connectivity index (χ1v) is 13.6. The summed E-state index contributed by atoms with van der Waals surface area (Å²) < 4.78 is 11.8. The molecule has 0 atom stereocenters. The summed E-state index contributed by atoms with van der Waals surface area (Å²) in [6.07, 6.45) is 4.46. The van der Waals surface area contributed by atoms with Crippen LogP contribution in [-0.2, 0) is 14.9 Å². The molecule has 0 amide bonds. The molecule has 6 nitrogen and oxygen atoms in total. The van der Waals surface area contributed by atoms with Gasteiger partial charge in [-0.2, -0.15) is 0 Å². The Kier molecular flexibility index (Phi) is 8.63. The van der Waals surface area contributed by atoms with Gasteiger partial charge in [-0.15, -0.1) is 0 Å². The maximum Gasteiger partial charge on any atom is 0.128 e. The van der Waals surface area contributed by atoms with Crippen LogP contribution in [0.4, 0.5) is 5.82 Å². The van der Waals surface area contributed by atoms with Gasteiger partial charge in [-0.05, 0) is 85.9 Å². The zero-order chi connectivity index (χ0) is 26.1. The Labute approximate surface area is 215 Å². The molecule has 35 heavy (non-hydrogen) atoms. The molecule has 0 aromatic carbocycles. The number of aromatic nitrogens is 1. The Morgan fingerprint density at radius 1 is 0.914 bits per heavy atom. The second-order valence-electron chi connectivity index (χ2n) is 13.6. The molecule has 6 heteroatoms. The number of nitrogens with zero attached hydrogens (tertiary/aromatic N) is 3. The molecule has 0 spiro atoms. The summed E-state index contributed by atoms with van der Waals surface area (Å²) in [6.45, 7) is 28.1. The van der Waals surface area contributed by atoms with Gasteiger partial charge in [-0.1, -0.05) is 13.8 Å². The Bertz CT molecular complexity index is 811. The van der Waals surface area contributed by atoms with Gasteiger partial charge < -0.3 is 19.7 Å². The van der Waals surface area contributed by atoms with Crippen LogP contribution in [0.25, 0.3) is 0 Å². The van der Waals surface area contributed by atoms with Gasteiger partial charge >= 0.3 is 0 Å². The van der Waals surface area contributed by atoms with Crippen LogP contribution < -0.4 is 10.2 Å². The SMILES string of the molecule is CC(C)(C)OCCO[C@H]1C[C@@H](NC(C)(C)C(C)(C)c2ccnc(N3CCN(C(C)(C)C)CC3)c2)C1. The average Bonchev–Trinajstić information content (AvgIpc) is 2.73. The Balaban J connectivity index is 1.53. The first-order chi connectivity index (χ1) is 16.1. The van der Waals surface area contributed by atoms with Crippen molar-refractivity contribution in [3.63, 3.8) is 0 Å². The molecule has 1 N–H and O–H groups in total. The van der Waals surface area contributed by atoms with E-state index in [2.05, 4.69) is 96.5 Å². The first kappa shape index (κ1) is 28.4. The first-order valence-electron chi connectivity index (χ1n) is 13.6. The fraction of sp³-hybridized carbons (Fsp3) is 0.828. The largest absolute Gasteiger partial charge is 0.376 e. The van der Waals surface area contributed by atoms with Crippen LogP contribution in [0.15, 0.2) is 18.3 Å². The maximum absolute atomic E-state index is 6.02. The number of rotatable bonds is 9. The number of pyridine rings is 1. The zero-order valence-corrected chi connectivity index (χ0v) is 24.2. The molecule has 1 saturated heterocycles. The molecular weight excluding hydrogens is 436 g/mol. The second kappa shape index (κ2) is 10.6. The highest BCUT2D eigenvalue weighted by Gasteiger charge is 2.43. The molecule has 1 aromatic heterocycles. The van der Waals surface area contributed by atoms with Gasteiger partial charge in [-0.25, -0.2) is 4.98 Å². The number of hydrogen-bond donors (Lipinski definition) is 1. The lowest BCUT2D eigenvalue weighted by Crippen LogP contribution is -2.61. The van der Waals surface area contributed by atoms with Crippen LogP contribution >= 0.6 is 0 Å².